The van der Waals surface area contributed by atoms with Gasteiger partial charge >= 0.3 is 11.9 Å². The summed E-state index contributed by atoms with van der Waals surface area (Å²) in [5, 5.41) is 14.1. The van der Waals surface area contributed by atoms with Crippen LogP contribution in [0.4, 0.5) is 0 Å². The van der Waals surface area contributed by atoms with Gasteiger partial charge in [-0.1, -0.05) is 105 Å². The molecule has 8 bridgehead atoms. The number of aliphatic hydroxyl groups excluding tert-OH is 1. The minimum absolute atomic E-state index is 0.139. The first-order valence-electron chi connectivity index (χ1n) is 24.1. The van der Waals surface area contributed by atoms with Crippen LogP contribution in [0.2, 0.25) is 0 Å². The van der Waals surface area contributed by atoms with Crippen LogP contribution in [0.1, 0.15) is 139 Å². The second kappa shape index (κ2) is 21.7. The number of fused-ring (bicyclic) bond motifs is 5. The Bertz CT molecular complexity index is 2350. The molecule has 0 amide bonds. The molecule has 0 aromatic heterocycles. The monoisotopic (exact) mass is 885 g/mol. The summed E-state index contributed by atoms with van der Waals surface area (Å²) in [6, 6.07) is 0. The molecule has 2 fully saturated rings. The van der Waals surface area contributed by atoms with Crippen LogP contribution in [0.15, 0.2) is 131 Å². The van der Waals surface area contributed by atoms with Gasteiger partial charge in [0.05, 0.1) is 47.6 Å². The molecular weight excluding hydrogens is 813 g/mol. The summed E-state index contributed by atoms with van der Waals surface area (Å²) in [6.45, 7) is 23.7. The van der Waals surface area contributed by atoms with Crippen molar-refractivity contribution in [1.82, 2.24) is 5.32 Å². The van der Waals surface area contributed by atoms with Crippen LogP contribution >= 0.6 is 0 Å². The Morgan fingerprint density at radius 3 is 2.25 bits per heavy atom. The van der Waals surface area contributed by atoms with E-state index < -0.39 is 11.9 Å². The van der Waals surface area contributed by atoms with E-state index in [9.17, 15) is 19.5 Å². The third-order valence-electron chi connectivity index (χ3n) is 14.2. The topological polar surface area (TPSA) is 139 Å². The number of methoxy groups -OCH3 is 1. The van der Waals surface area contributed by atoms with E-state index >= 15 is 0 Å². The maximum absolute atomic E-state index is 14.4. The third-order valence-corrected chi connectivity index (χ3v) is 14.2. The zero-order valence-electron chi connectivity index (χ0n) is 40.7. The number of ether oxygens (including phenoxy) is 2. The highest BCUT2D eigenvalue weighted by atomic mass is 16.5. The lowest BCUT2D eigenvalue weighted by Crippen LogP contribution is -2.26. The zero-order valence-corrected chi connectivity index (χ0v) is 40.7. The molecule has 0 aromatic carbocycles. The predicted octanol–water partition coefficient (Wildman–Crippen LogP) is 12.1. The fourth-order valence-corrected chi connectivity index (χ4v) is 10.1. The highest BCUT2D eigenvalue weighted by Gasteiger charge is 2.52. The number of aliphatic hydroxyl groups is 1. The molecule has 6 aliphatic rings. The Morgan fingerprint density at radius 2 is 1.60 bits per heavy atom. The van der Waals surface area contributed by atoms with Gasteiger partial charge in [0.25, 0.3) is 0 Å². The number of aliphatic imine (C=N–C) groups is 3. The van der Waals surface area contributed by atoms with Gasteiger partial charge in [-0.25, -0.2) is 15.0 Å². The number of Topliss-reactive ketones (excluding diaryl/α,β-unsaturated/α-hetero) is 1. The maximum atomic E-state index is 14.4. The summed E-state index contributed by atoms with van der Waals surface area (Å²) < 4.78 is 11.0. The molecule has 0 aromatic rings. The smallest absolute Gasteiger partial charge is 0.321 e. The number of esters is 2. The number of ketones is 1. The largest absolute Gasteiger partial charge is 0.515 e. The van der Waals surface area contributed by atoms with Crippen LogP contribution in [0.25, 0.3) is 0 Å². The fourth-order valence-electron chi connectivity index (χ4n) is 10.1. The Balaban J connectivity index is 1.21. The van der Waals surface area contributed by atoms with Crippen molar-refractivity contribution in [3.05, 3.63) is 116 Å². The van der Waals surface area contributed by atoms with Crippen molar-refractivity contribution in [2.45, 2.75) is 139 Å². The molecule has 1 saturated carbocycles. The Hall–Kier alpha value is -5.38. The molecule has 0 spiro atoms. The van der Waals surface area contributed by atoms with Gasteiger partial charge in [-0.3, -0.25) is 14.4 Å². The number of allylic oxidation sites excluding steroid dienone is 12. The van der Waals surface area contributed by atoms with Crippen molar-refractivity contribution in [1.29, 1.82) is 0 Å². The molecule has 5 heterocycles. The minimum Gasteiger partial charge on any atom is -0.515 e. The summed E-state index contributed by atoms with van der Waals surface area (Å²) in [4.78, 5) is 56.5. The van der Waals surface area contributed by atoms with Gasteiger partial charge < -0.3 is 19.9 Å². The van der Waals surface area contributed by atoms with Gasteiger partial charge in [-0.15, -0.1) is 0 Å². The number of hydrogen-bond donors (Lipinski definition) is 2. The van der Waals surface area contributed by atoms with Gasteiger partial charge in [-0.05, 0) is 105 Å². The van der Waals surface area contributed by atoms with Gasteiger partial charge in [0, 0.05) is 51.9 Å². The Morgan fingerprint density at radius 1 is 0.908 bits per heavy atom. The number of carbonyl (C=O) groups excluding carboxylic acids is 3. The third kappa shape index (κ3) is 10.8. The van der Waals surface area contributed by atoms with Crippen molar-refractivity contribution in [2.75, 3.05) is 13.7 Å². The molecule has 65 heavy (non-hydrogen) atoms. The van der Waals surface area contributed by atoms with Crippen molar-refractivity contribution in [3.63, 3.8) is 0 Å². The first-order chi connectivity index (χ1) is 31.1. The molecule has 0 radical (unpaired) electrons. The number of hydrogen-bond acceptors (Lipinski definition) is 10. The van der Waals surface area contributed by atoms with Crippen molar-refractivity contribution in [2.24, 2.45) is 50.5 Å². The second-order valence-corrected chi connectivity index (χ2v) is 19.4. The van der Waals surface area contributed by atoms with E-state index in [0.29, 0.717) is 81.0 Å². The van der Waals surface area contributed by atoms with E-state index in [2.05, 4.69) is 53.4 Å². The SMILES string of the molecule is C=CC1=C(C)C2=NC1=CC1=NC(=C(CC)/C1=C\O)C=C1N=C3C(=C1C)C(=O)[C@H](C(=O)OC)C3=C1NC(=C2)[C@@H](C)[C@@H]1CCC(=O)OC/C=C(\C)CCC[C@H](C)CCC[C@H](C)CCCC(C)C. The fraction of sp³-hybridized carbons (Fsp3) is 0.527. The predicted molar refractivity (Wildman–Crippen MR) is 262 cm³/mol. The first kappa shape index (κ1) is 49.1. The van der Waals surface area contributed by atoms with Crippen LogP contribution < -0.4 is 5.32 Å². The van der Waals surface area contributed by atoms with Crippen molar-refractivity contribution < 1.29 is 29.0 Å². The quantitative estimate of drug-likeness (QED) is 0.0537. The minimum atomic E-state index is -1.23. The van der Waals surface area contributed by atoms with E-state index in [1.807, 2.05) is 45.1 Å². The molecule has 10 nitrogen and oxygen atoms in total. The van der Waals surface area contributed by atoms with Gasteiger partial charge in [0.1, 0.15) is 12.5 Å². The molecular formula is C55H72N4O6. The number of rotatable bonds is 20. The number of carbonyl (C=O) groups is 3. The van der Waals surface area contributed by atoms with Crippen LogP contribution in [-0.4, -0.2) is 53.7 Å². The van der Waals surface area contributed by atoms with E-state index in [-0.39, 0.29) is 36.6 Å². The van der Waals surface area contributed by atoms with Crippen LogP contribution in [0, 0.1) is 35.5 Å². The average molecular weight is 885 g/mol. The van der Waals surface area contributed by atoms with E-state index in [0.717, 1.165) is 53.4 Å². The molecule has 1 aliphatic carbocycles. The molecule has 348 valence electrons. The summed E-state index contributed by atoms with van der Waals surface area (Å²) in [5.41, 5.74) is 10.9. The molecule has 0 unspecified atom stereocenters. The molecule has 6 rings (SSSR count). The highest BCUT2D eigenvalue weighted by Crippen LogP contribution is 2.47. The highest BCUT2D eigenvalue weighted by molar-refractivity contribution is 6.42. The molecule has 5 atom stereocenters. The molecule has 5 aliphatic heterocycles. The molecule has 10 heteroatoms. The van der Waals surface area contributed by atoms with Crippen LogP contribution in [0.5, 0.6) is 0 Å². The van der Waals surface area contributed by atoms with E-state index in [1.165, 1.54) is 57.6 Å². The van der Waals surface area contributed by atoms with Crippen LogP contribution in [0.3, 0.4) is 0 Å². The average Bonchev–Trinajstić information content (AvgIpc) is 4.02. The van der Waals surface area contributed by atoms with Gasteiger partial charge in [-0.2, -0.15) is 0 Å². The van der Waals surface area contributed by atoms with Gasteiger partial charge in [0.2, 0.25) is 0 Å². The standard InChI is InChI=1S/C55H72N4O6/c1-12-38-35(8)42-27-43-36(9)40(23-24-48(61)65-26-25-34(7)22-16-21-33(6)20-15-19-32(5)18-14-17-31(3)4)52(58-43)50-51(55(63)64-11)54(62)49-37(10)44(59-53(49)50)28-46-39(13-2)41(30-60)47(57-46)29-45(38)56-42/h12,25,27-33,36,40,51,58,60H,1,13-24,26H2,2-11H3/b34-25+,41-30+,43-27?,44-28?,45-29?,52-50?/t32-,33-,36+,40+,51-/m1/s1. The lowest BCUT2D eigenvalue weighted by atomic mass is 9.85. The summed E-state index contributed by atoms with van der Waals surface area (Å²) in [5.74, 6) is -0.732. The number of nitrogens with one attached hydrogen (secondary N) is 1. The van der Waals surface area contributed by atoms with E-state index in [4.69, 9.17) is 24.5 Å². The van der Waals surface area contributed by atoms with E-state index in [1.54, 1.807) is 6.08 Å². The lowest BCUT2D eigenvalue weighted by molar-refractivity contribution is -0.146. The molecule has 2 N–H and O–H groups in total. The van der Waals surface area contributed by atoms with Crippen molar-refractivity contribution in [3.8, 4) is 0 Å². The summed E-state index contributed by atoms with van der Waals surface area (Å²) in [6.07, 6.45) is 22.9. The lowest BCUT2D eigenvalue weighted by Gasteiger charge is -2.19. The Kier molecular flexibility index (Phi) is 16.4. The normalized spacial score (nSPS) is 23.2. The van der Waals surface area contributed by atoms with Crippen LogP contribution in [-0.2, 0) is 23.9 Å². The zero-order chi connectivity index (χ0) is 47.1. The summed E-state index contributed by atoms with van der Waals surface area (Å²) >= 11 is 0. The maximum Gasteiger partial charge on any atom is 0.321 e. The van der Waals surface area contributed by atoms with Crippen molar-refractivity contribution >= 4 is 34.9 Å². The second-order valence-electron chi connectivity index (χ2n) is 19.4. The van der Waals surface area contributed by atoms with Gasteiger partial charge in [0.15, 0.2) is 5.78 Å². The number of nitrogens with zero attached hydrogens (tertiary/aromatic N) is 3. The Labute approximate surface area is 387 Å². The summed E-state index contributed by atoms with van der Waals surface area (Å²) in [7, 11) is 1.29. The molecule has 1 saturated heterocycles. The first-order valence-corrected chi connectivity index (χ1v) is 24.1.